The molecule has 2 heterocycles. The van der Waals surface area contributed by atoms with Crippen molar-refractivity contribution in [2.24, 2.45) is 12.8 Å². The van der Waals surface area contributed by atoms with Crippen LogP contribution in [-0.4, -0.2) is 21.1 Å². The summed E-state index contributed by atoms with van der Waals surface area (Å²) in [6, 6.07) is 5.85. The normalized spacial score (nSPS) is 10.7. The first-order valence-electron chi connectivity index (χ1n) is 5.37. The summed E-state index contributed by atoms with van der Waals surface area (Å²) in [6.45, 7) is 2.67. The fourth-order valence-corrected chi connectivity index (χ4v) is 1.74. The highest BCUT2D eigenvalue weighted by atomic mass is 15.1. The monoisotopic (exact) mass is 216 g/mol. The molecule has 4 heteroatoms. The maximum atomic E-state index is 5.56. The van der Waals surface area contributed by atoms with Gasteiger partial charge < -0.3 is 10.3 Å². The van der Waals surface area contributed by atoms with Crippen LogP contribution in [0.5, 0.6) is 0 Å². The van der Waals surface area contributed by atoms with Crippen LogP contribution >= 0.6 is 0 Å². The Hall–Kier alpha value is -1.68. The molecule has 16 heavy (non-hydrogen) atoms. The van der Waals surface area contributed by atoms with Gasteiger partial charge in [0.2, 0.25) is 0 Å². The van der Waals surface area contributed by atoms with Gasteiger partial charge in [-0.25, -0.2) is 4.98 Å². The first-order chi connectivity index (χ1) is 7.74. The van der Waals surface area contributed by atoms with Gasteiger partial charge in [-0.3, -0.25) is 4.98 Å². The Morgan fingerprint density at radius 1 is 1.38 bits per heavy atom. The summed E-state index contributed by atoms with van der Waals surface area (Å²) in [7, 11) is 2.01. The minimum Gasteiger partial charge on any atom is -0.335 e. The van der Waals surface area contributed by atoms with E-state index in [1.54, 1.807) is 6.20 Å². The van der Waals surface area contributed by atoms with Crippen LogP contribution in [0.25, 0.3) is 11.4 Å². The number of nitrogens with zero attached hydrogens (tertiary/aromatic N) is 3. The van der Waals surface area contributed by atoms with Crippen LogP contribution in [0.1, 0.15) is 11.5 Å². The molecule has 0 aromatic carbocycles. The largest absolute Gasteiger partial charge is 0.335 e. The molecule has 0 bridgehead atoms. The van der Waals surface area contributed by atoms with Crippen molar-refractivity contribution in [2.75, 3.05) is 6.54 Å². The molecule has 0 atom stereocenters. The number of pyridine rings is 1. The van der Waals surface area contributed by atoms with E-state index in [9.17, 15) is 0 Å². The molecule has 84 valence electrons. The second-order valence-electron chi connectivity index (χ2n) is 3.77. The summed E-state index contributed by atoms with van der Waals surface area (Å²) < 4.78 is 2.08. The van der Waals surface area contributed by atoms with Crippen molar-refractivity contribution < 1.29 is 0 Å². The third-order valence-electron chi connectivity index (χ3n) is 2.75. The van der Waals surface area contributed by atoms with E-state index in [1.807, 2.05) is 25.2 Å². The maximum Gasteiger partial charge on any atom is 0.110 e. The molecule has 0 aliphatic heterocycles. The van der Waals surface area contributed by atoms with Crippen LogP contribution < -0.4 is 5.73 Å². The minimum atomic E-state index is 0.617. The molecule has 0 spiro atoms. The van der Waals surface area contributed by atoms with E-state index in [2.05, 4.69) is 21.5 Å². The van der Waals surface area contributed by atoms with Crippen molar-refractivity contribution in [1.82, 2.24) is 14.5 Å². The molecule has 4 nitrogen and oxygen atoms in total. The van der Waals surface area contributed by atoms with Crippen LogP contribution in [-0.2, 0) is 13.5 Å². The van der Waals surface area contributed by atoms with Gasteiger partial charge in [0, 0.05) is 25.4 Å². The highest BCUT2D eigenvalue weighted by Crippen LogP contribution is 2.20. The molecule has 0 aliphatic carbocycles. The number of rotatable bonds is 3. The molecule has 0 saturated heterocycles. The summed E-state index contributed by atoms with van der Waals surface area (Å²) in [4.78, 5) is 8.91. The number of hydrogen-bond donors (Lipinski definition) is 1. The average Bonchev–Trinajstić information content (AvgIpc) is 2.59. The van der Waals surface area contributed by atoms with E-state index in [1.165, 1.54) is 0 Å². The van der Waals surface area contributed by atoms with Crippen LogP contribution in [0.2, 0.25) is 0 Å². The summed E-state index contributed by atoms with van der Waals surface area (Å²) in [5.74, 6) is 1.01. The molecule has 0 saturated carbocycles. The Morgan fingerprint density at radius 2 is 2.19 bits per heavy atom. The number of nitrogens with two attached hydrogens (primary N) is 1. The van der Waals surface area contributed by atoms with Crippen LogP contribution in [0, 0.1) is 6.92 Å². The first-order valence-corrected chi connectivity index (χ1v) is 5.37. The van der Waals surface area contributed by atoms with Crippen molar-refractivity contribution in [1.29, 1.82) is 0 Å². The Labute approximate surface area is 95.1 Å². The molecule has 0 amide bonds. The smallest absolute Gasteiger partial charge is 0.110 e. The molecule has 0 unspecified atom stereocenters. The predicted molar refractivity (Wildman–Crippen MR) is 63.9 cm³/mol. The second-order valence-corrected chi connectivity index (χ2v) is 3.77. The summed E-state index contributed by atoms with van der Waals surface area (Å²) >= 11 is 0. The predicted octanol–water partition coefficient (Wildman–Crippen LogP) is 1.29. The highest BCUT2D eigenvalue weighted by molar-refractivity contribution is 5.57. The molecule has 0 aliphatic rings. The van der Waals surface area contributed by atoms with Gasteiger partial charge in [-0.2, -0.15) is 0 Å². The third kappa shape index (κ3) is 1.84. The van der Waals surface area contributed by atoms with Gasteiger partial charge in [-0.05, 0) is 25.6 Å². The Balaban J connectivity index is 2.46. The Kier molecular flexibility index (Phi) is 3.01. The van der Waals surface area contributed by atoms with Gasteiger partial charge in [0.25, 0.3) is 0 Å². The third-order valence-corrected chi connectivity index (χ3v) is 2.75. The van der Waals surface area contributed by atoms with Crippen molar-refractivity contribution in [3.63, 3.8) is 0 Å². The minimum absolute atomic E-state index is 0.617. The zero-order valence-corrected chi connectivity index (χ0v) is 9.64. The molecule has 2 rings (SSSR count). The number of hydrogen-bond acceptors (Lipinski definition) is 3. The summed E-state index contributed by atoms with van der Waals surface area (Å²) in [5, 5.41) is 0. The van der Waals surface area contributed by atoms with Crippen molar-refractivity contribution in [3.8, 4) is 11.4 Å². The lowest BCUT2D eigenvalue weighted by atomic mass is 10.2. The molecule has 2 aromatic rings. The molecular formula is C12H16N4. The lowest BCUT2D eigenvalue weighted by Gasteiger charge is -2.00. The topological polar surface area (TPSA) is 56.7 Å². The fourth-order valence-electron chi connectivity index (χ4n) is 1.74. The van der Waals surface area contributed by atoms with Gasteiger partial charge in [0.05, 0.1) is 5.69 Å². The standard InChI is InChI=1S/C12H16N4/c1-9-12(10-5-3-4-8-14-10)15-11(6-7-13)16(9)2/h3-5,8H,6-7,13H2,1-2H3. The molecule has 2 aromatic heterocycles. The number of imidazole rings is 1. The highest BCUT2D eigenvalue weighted by Gasteiger charge is 2.12. The van der Waals surface area contributed by atoms with E-state index >= 15 is 0 Å². The van der Waals surface area contributed by atoms with Crippen molar-refractivity contribution in [3.05, 3.63) is 35.9 Å². The Bertz CT molecular complexity index is 473. The van der Waals surface area contributed by atoms with E-state index in [4.69, 9.17) is 5.73 Å². The van der Waals surface area contributed by atoms with Gasteiger partial charge in [-0.15, -0.1) is 0 Å². The van der Waals surface area contributed by atoms with Crippen LogP contribution in [0.4, 0.5) is 0 Å². The first kappa shape index (κ1) is 10.8. The molecular weight excluding hydrogens is 200 g/mol. The van der Waals surface area contributed by atoms with E-state index < -0.39 is 0 Å². The SMILES string of the molecule is Cc1c(-c2ccccn2)nc(CCN)n1C. The van der Waals surface area contributed by atoms with E-state index in [0.29, 0.717) is 6.54 Å². The van der Waals surface area contributed by atoms with Gasteiger partial charge in [0.1, 0.15) is 11.5 Å². The zero-order valence-electron chi connectivity index (χ0n) is 9.64. The van der Waals surface area contributed by atoms with Gasteiger partial charge in [-0.1, -0.05) is 6.07 Å². The number of aromatic nitrogens is 3. The molecule has 2 N–H and O–H groups in total. The average molecular weight is 216 g/mol. The fraction of sp³-hybridized carbons (Fsp3) is 0.333. The van der Waals surface area contributed by atoms with Crippen LogP contribution in [0.3, 0.4) is 0 Å². The Morgan fingerprint density at radius 3 is 2.81 bits per heavy atom. The quantitative estimate of drug-likeness (QED) is 0.841. The molecule has 0 radical (unpaired) electrons. The van der Waals surface area contributed by atoms with Gasteiger partial charge >= 0.3 is 0 Å². The van der Waals surface area contributed by atoms with Gasteiger partial charge in [0.15, 0.2) is 0 Å². The van der Waals surface area contributed by atoms with Crippen molar-refractivity contribution >= 4 is 0 Å². The van der Waals surface area contributed by atoms with Crippen molar-refractivity contribution in [2.45, 2.75) is 13.3 Å². The van der Waals surface area contributed by atoms with E-state index in [0.717, 1.165) is 29.3 Å². The lowest BCUT2D eigenvalue weighted by Crippen LogP contribution is -2.08. The summed E-state index contributed by atoms with van der Waals surface area (Å²) in [6.07, 6.45) is 2.58. The molecule has 0 fully saturated rings. The zero-order chi connectivity index (χ0) is 11.5. The maximum absolute atomic E-state index is 5.56. The summed E-state index contributed by atoms with van der Waals surface area (Å²) in [5.41, 5.74) is 8.55. The second kappa shape index (κ2) is 4.45. The van der Waals surface area contributed by atoms with E-state index in [-0.39, 0.29) is 0 Å². The lowest BCUT2D eigenvalue weighted by molar-refractivity contribution is 0.761. The van der Waals surface area contributed by atoms with Crippen LogP contribution in [0.15, 0.2) is 24.4 Å².